The Labute approximate surface area is 149 Å². The maximum Gasteiger partial charge on any atom is 0.387 e. The normalized spacial score (nSPS) is 10.6. The van der Waals surface area contributed by atoms with Crippen LogP contribution in [0.1, 0.15) is 11.1 Å². The molecule has 0 aromatic heterocycles. The van der Waals surface area contributed by atoms with E-state index in [0.717, 1.165) is 11.1 Å². The second-order valence-electron chi connectivity index (χ2n) is 5.47. The Morgan fingerprint density at radius 2 is 1.88 bits per heavy atom. The second-order valence-corrected chi connectivity index (χ2v) is 5.91. The van der Waals surface area contributed by atoms with Crippen molar-refractivity contribution < 1.29 is 23.0 Å². The Kier molecular flexibility index (Phi) is 6.58. The lowest BCUT2D eigenvalue weighted by molar-refractivity contribution is -0.132. The molecule has 0 aliphatic heterocycles. The summed E-state index contributed by atoms with van der Waals surface area (Å²) >= 11 is 5.88. The van der Waals surface area contributed by atoms with Gasteiger partial charge in [-0.25, -0.2) is 0 Å². The number of hydrogen-bond donors (Lipinski definition) is 0. The zero-order valence-corrected chi connectivity index (χ0v) is 14.6. The summed E-state index contributed by atoms with van der Waals surface area (Å²) in [5, 5.41) is 0.604. The lowest BCUT2D eigenvalue weighted by atomic mass is 10.2. The smallest absolute Gasteiger partial charge is 0.387 e. The van der Waals surface area contributed by atoms with E-state index in [4.69, 9.17) is 16.3 Å². The number of alkyl halides is 2. The van der Waals surface area contributed by atoms with Gasteiger partial charge in [0.1, 0.15) is 11.5 Å². The van der Waals surface area contributed by atoms with Gasteiger partial charge in [-0.1, -0.05) is 23.7 Å². The number of likely N-dealkylation sites (N-methyl/N-ethyl adjacent to an activating group) is 1. The molecule has 0 radical (unpaired) electrons. The van der Waals surface area contributed by atoms with E-state index in [1.54, 1.807) is 37.4 Å². The maximum absolute atomic E-state index is 12.2. The van der Waals surface area contributed by atoms with Crippen molar-refractivity contribution in [2.45, 2.75) is 20.1 Å². The molecular weight excluding hydrogens is 352 g/mol. The van der Waals surface area contributed by atoms with Gasteiger partial charge in [0.05, 0.1) is 0 Å². The van der Waals surface area contributed by atoms with Crippen LogP contribution in [0.5, 0.6) is 11.5 Å². The first-order valence-corrected chi connectivity index (χ1v) is 7.89. The number of nitrogens with zero attached hydrogens (tertiary/aromatic N) is 1. The van der Waals surface area contributed by atoms with Crippen molar-refractivity contribution in [1.82, 2.24) is 4.90 Å². The molecule has 0 unspecified atom stereocenters. The minimum atomic E-state index is -2.86. The van der Waals surface area contributed by atoms with Crippen molar-refractivity contribution in [3.63, 3.8) is 0 Å². The number of rotatable bonds is 7. The average molecular weight is 370 g/mol. The van der Waals surface area contributed by atoms with Gasteiger partial charge in [0.25, 0.3) is 5.91 Å². The molecule has 0 atom stereocenters. The monoisotopic (exact) mass is 369 g/mol. The van der Waals surface area contributed by atoms with Gasteiger partial charge >= 0.3 is 6.61 Å². The fourth-order valence-electron chi connectivity index (χ4n) is 2.16. The summed E-state index contributed by atoms with van der Waals surface area (Å²) in [5.74, 6) is 0.469. The molecule has 2 aromatic carbocycles. The minimum Gasteiger partial charge on any atom is -0.483 e. The van der Waals surface area contributed by atoms with Crippen LogP contribution in [0.15, 0.2) is 42.5 Å². The Morgan fingerprint density at radius 3 is 2.48 bits per heavy atom. The summed E-state index contributed by atoms with van der Waals surface area (Å²) in [7, 11) is 1.64. The Morgan fingerprint density at radius 1 is 1.20 bits per heavy atom. The molecule has 0 saturated heterocycles. The first kappa shape index (κ1) is 19.0. The number of carbonyl (C=O) groups excluding carboxylic acids is 1. The number of amides is 1. The van der Waals surface area contributed by atoms with Gasteiger partial charge in [-0.2, -0.15) is 8.78 Å². The second kappa shape index (κ2) is 8.67. The standard InChI is InChI=1S/C18H18ClF2NO3/c1-12-9-14(19)5-8-16(12)24-11-17(23)22(2)10-13-3-6-15(7-4-13)25-18(20)21/h3-9,18H,10-11H2,1-2H3. The highest BCUT2D eigenvalue weighted by Gasteiger charge is 2.12. The molecule has 134 valence electrons. The van der Waals surface area contributed by atoms with Gasteiger partial charge in [0, 0.05) is 18.6 Å². The molecule has 0 spiro atoms. The van der Waals surface area contributed by atoms with Crippen LogP contribution in [-0.4, -0.2) is 31.1 Å². The van der Waals surface area contributed by atoms with E-state index in [2.05, 4.69) is 4.74 Å². The highest BCUT2D eigenvalue weighted by atomic mass is 35.5. The predicted molar refractivity (Wildman–Crippen MR) is 91.2 cm³/mol. The molecule has 0 saturated carbocycles. The first-order valence-electron chi connectivity index (χ1n) is 7.52. The predicted octanol–water partition coefficient (Wildman–Crippen LogP) is 4.29. The quantitative estimate of drug-likeness (QED) is 0.731. The summed E-state index contributed by atoms with van der Waals surface area (Å²) in [4.78, 5) is 13.7. The summed E-state index contributed by atoms with van der Waals surface area (Å²) in [5.41, 5.74) is 1.64. The lowest BCUT2D eigenvalue weighted by Crippen LogP contribution is -2.31. The van der Waals surface area contributed by atoms with Crippen LogP contribution in [0, 0.1) is 6.92 Å². The van der Waals surface area contributed by atoms with Crippen molar-refractivity contribution in [2.75, 3.05) is 13.7 Å². The maximum atomic E-state index is 12.2. The van der Waals surface area contributed by atoms with Crippen LogP contribution in [0.3, 0.4) is 0 Å². The van der Waals surface area contributed by atoms with Crippen LogP contribution in [0.4, 0.5) is 8.78 Å². The molecule has 0 aliphatic carbocycles. The van der Waals surface area contributed by atoms with Gasteiger partial charge in [-0.05, 0) is 48.4 Å². The third kappa shape index (κ3) is 5.90. The summed E-state index contributed by atoms with van der Waals surface area (Å²) in [6.07, 6.45) is 0. The highest BCUT2D eigenvalue weighted by molar-refractivity contribution is 6.30. The average Bonchev–Trinajstić information content (AvgIpc) is 2.55. The number of aryl methyl sites for hydroxylation is 1. The minimum absolute atomic E-state index is 0.0780. The van der Waals surface area contributed by atoms with Gasteiger partial charge in [-0.15, -0.1) is 0 Å². The van der Waals surface area contributed by atoms with Crippen molar-refractivity contribution in [1.29, 1.82) is 0 Å². The van der Waals surface area contributed by atoms with Crippen LogP contribution in [0.2, 0.25) is 5.02 Å². The fourth-order valence-corrected chi connectivity index (χ4v) is 2.39. The van der Waals surface area contributed by atoms with Gasteiger partial charge < -0.3 is 14.4 Å². The summed E-state index contributed by atoms with van der Waals surface area (Å²) < 4.78 is 34.0. The van der Waals surface area contributed by atoms with Crippen molar-refractivity contribution >= 4 is 17.5 Å². The van der Waals surface area contributed by atoms with E-state index < -0.39 is 6.61 Å². The molecule has 4 nitrogen and oxygen atoms in total. The van der Waals surface area contributed by atoms with E-state index in [1.807, 2.05) is 6.92 Å². The van der Waals surface area contributed by atoms with E-state index in [9.17, 15) is 13.6 Å². The Balaban J connectivity index is 1.87. The van der Waals surface area contributed by atoms with Crippen LogP contribution in [0.25, 0.3) is 0 Å². The number of carbonyl (C=O) groups is 1. The van der Waals surface area contributed by atoms with Crippen molar-refractivity contribution in [3.8, 4) is 11.5 Å². The van der Waals surface area contributed by atoms with Crippen molar-refractivity contribution in [2.24, 2.45) is 0 Å². The lowest BCUT2D eigenvalue weighted by Gasteiger charge is -2.18. The SMILES string of the molecule is Cc1cc(Cl)ccc1OCC(=O)N(C)Cc1ccc(OC(F)F)cc1. The highest BCUT2D eigenvalue weighted by Crippen LogP contribution is 2.22. The number of ether oxygens (including phenoxy) is 2. The zero-order valence-electron chi connectivity index (χ0n) is 13.8. The van der Waals surface area contributed by atoms with Gasteiger partial charge in [0.15, 0.2) is 6.61 Å². The molecule has 7 heteroatoms. The third-order valence-electron chi connectivity index (χ3n) is 3.48. The Hall–Kier alpha value is -2.34. The molecule has 2 aromatic rings. The van der Waals surface area contributed by atoms with Crippen LogP contribution >= 0.6 is 11.6 Å². The number of halogens is 3. The third-order valence-corrected chi connectivity index (χ3v) is 3.72. The van der Waals surface area contributed by atoms with E-state index in [0.29, 0.717) is 17.3 Å². The van der Waals surface area contributed by atoms with Gasteiger partial charge in [0.2, 0.25) is 0 Å². The molecule has 25 heavy (non-hydrogen) atoms. The summed E-state index contributed by atoms with van der Waals surface area (Å²) in [6, 6.07) is 11.3. The molecule has 0 aliphatic rings. The topological polar surface area (TPSA) is 38.8 Å². The molecule has 2 rings (SSSR count). The van der Waals surface area contributed by atoms with E-state index >= 15 is 0 Å². The fraction of sp³-hybridized carbons (Fsp3) is 0.278. The van der Waals surface area contributed by atoms with E-state index in [1.165, 1.54) is 17.0 Å². The molecule has 0 fully saturated rings. The van der Waals surface area contributed by atoms with Crippen LogP contribution < -0.4 is 9.47 Å². The van der Waals surface area contributed by atoms with E-state index in [-0.39, 0.29) is 18.3 Å². The molecule has 1 amide bonds. The molecule has 0 bridgehead atoms. The molecular formula is C18H18ClF2NO3. The molecule has 0 N–H and O–H groups in total. The first-order chi connectivity index (χ1) is 11.8. The van der Waals surface area contributed by atoms with Crippen molar-refractivity contribution in [3.05, 3.63) is 58.6 Å². The van der Waals surface area contributed by atoms with Crippen LogP contribution in [-0.2, 0) is 11.3 Å². The molecule has 0 heterocycles. The summed E-state index contributed by atoms with van der Waals surface area (Å²) in [6.45, 7) is -0.788. The Bertz CT molecular complexity index is 723. The number of benzene rings is 2. The zero-order chi connectivity index (χ0) is 18.4. The van der Waals surface area contributed by atoms with Gasteiger partial charge in [-0.3, -0.25) is 4.79 Å². The number of hydrogen-bond acceptors (Lipinski definition) is 3. The largest absolute Gasteiger partial charge is 0.483 e.